The van der Waals surface area contributed by atoms with Gasteiger partial charge in [0.25, 0.3) is 17.4 Å². The first-order valence-electron chi connectivity index (χ1n) is 4.40. The molecule has 0 aliphatic rings. The number of nitrogens with zero attached hydrogens (tertiary/aromatic N) is 3. The molecular weight excluding hydrogens is 230 g/mol. The van der Waals surface area contributed by atoms with E-state index >= 15 is 0 Å². The fourth-order valence-electron chi connectivity index (χ4n) is 1.23. The van der Waals surface area contributed by atoms with Crippen molar-refractivity contribution in [3.05, 3.63) is 40.2 Å². The number of hydrogen-bond acceptors (Lipinski definition) is 6. The highest BCUT2D eigenvalue weighted by Gasteiger charge is 2.21. The molecule has 0 saturated heterocycles. The normalized spacial score (nSPS) is 10.1. The minimum Gasteiger partial charge on any atom is -0.475 e. The van der Waals surface area contributed by atoms with E-state index in [0.717, 1.165) is 0 Å². The van der Waals surface area contributed by atoms with Gasteiger partial charge in [0.1, 0.15) is 5.56 Å². The van der Waals surface area contributed by atoms with E-state index < -0.39 is 16.7 Å². The van der Waals surface area contributed by atoms with Gasteiger partial charge in [-0.25, -0.2) is 4.79 Å². The van der Waals surface area contributed by atoms with Gasteiger partial charge >= 0.3 is 5.97 Å². The van der Waals surface area contributed by atoms with Crippen molar-refractivity contribution in [2.45, 2.75) is 0 Å². The number of carboxylic acids is 1. The number of carbonyl (C=O) groups is 1. The summed E-state index contributed by atoms with van der Waals surface area (Å²) in [5.74, 6) is -2.11. The SMILES string of the molecule is O=C(O)c1noc(-c2ccccc2[N+](=O)[O-])n1. The van der Waals surface area contributed by atoms with Crippen LogP contribution in [-0.2, 0) is 0 Å². The maximum Gasteiger partial charge on any atom is 0.377 e. The molecule has 1 aromatic heterocycles. The van der Waals surface area contributed by atoms with Crippen molar-refractivity contribution in [2.75, 3.05) is 0 Å². The summed E-state index contributed by atoms with van der Waals surface area (Å²) in [6.45, 7) is 0. The first kappa shape index (κ1) is 10.7. The predicted octanol–water partition coefficient (Wildman–Crippen LogP) is 1.34. The van der Waals surface area contributed by atoms with Crippen LogP contribution in [-0.4, -0.2) is 26.1 Å². The number of benzene rings is 1. The number of aromatic carboxylic acids is 1. The Morgan fingerprint density at radius 2 is 2.12 bits per heavy atom. The van der Waals surface area contributed by atoms with Crippen LogP contribution in [0.2, 0.25) is 0 Å². The van der Waals surface area contributed by atoms with E-state index in [-0.39, 0.29) is 17.1 Å². The minimum atomic E-state index is -1.36. The number of nitro benzene ring substituents is 1. The van der Waals surface area contributed by atoms with Gasteiger partial charge in [-0.1, -0.05) is 12.1 Å². The Balaban J connectivity index is 2.52. The summed E-state index contributed by atoms with van der Waals surface area (Å²) in [6, 6.07) is 5.69. The van der Waals surface area contributed by atoms with Crippen LogP contribution in [0.4, 0.5) is 5.69 Å². The predicted molar refractivity (Wildman–Crippen MR) is 53.3 cm³/mol. The molecule has 1 N–H and O–H groups in total. The second-order valence-corrected chi connectivity index (χ2v) is 3.00. The molecule has 8 nitrogen and oxygen atoms in total. The van der Waals surface area contributed by atoms with Gasteiger partial charge in [-0.2, -0.15) is 4.98 Å². The van der Waals surface area contributed by atoms with Crippen molar-refractivity contribution in [1.29, 1.82) is 0 Å². The number of aromatic nitrogens is 2. The molecule has 0 atom stereocenters. The van der Waals surface area contributed by atoms with E-state index in [1.165, 1.54) is 18.2 Å². The molecule has 0 aliphatic carbocycles. The molecular formula is C9H5N3O5. The number of hydrogen-bond donors (Lipinski definition) is 1. The van der Waals surface area contributed by atoms with Crippen molar-refractivity contribution in [3.8, 4) is 11.5 Å². The summed E-state index contributed by atoms with van der Waals surface area (Å²) in [5, 5.41) is 22.5. The fourth-order valence-corrected chi connectivity index (χ4v) is 1.23. The number of rotatable bonds is 3. The highest BCUT2D eigenvalue weighted by Crippen LogP contribution is 2.27. The van der Waals surface area contributed by atoms with Gasteiger partial charge < -0.3 is 9.63 Å². The zero-order valence-corrected chi connectivity index (χ0v) is 8.23. The summed E-state index contributed by atoms with van der Waals surface area (Å²) in [4.78, 5) is 24.2. The molecule has 0 radical (unpaired) electrons. The third-order valence-electron chi connectivity index (χ3n) is 1.95. The molecule has 2 aromatic rings. The van der Waals surface area contributed by atoms with Crippen molar-refractivity contribution >= 4 is 11.7 Å². The van der Waals surface area contributed by atoms with Gasteiger partial charge in [-0.05, 0) is 11.2 Å². The molecule has 8 heteroatoms. The Morgan fingerprint density at radius 1 is 1.41 bits per heavy atom. The Morgan fingerprint density at radius 3 is 2.71 bits per heavy atom. The van der Waals surface area contributed by atoms with Crippen molar-refractivity contribution in [2.24, 2.45) is 0 Å². The van der Waals surface area contributed by atoms with Crippen LogP contribution in [0.15, 0.2) is 28.8 Å². The molecule has 86 valence electrons. The fraction of sp³-hybridized carbons (Fsp3) is 0. The number of nitro groups is 1. The van der Waals surface area contributed by atoms with Gasteiger partial charge in [-0.3, -0.25) is 10.1 Å². The number of para-hydroxylation sites is 1. The molecule has 0 aliphatic heterocycles. The highest BCUT2D eigenvalue weighted by atomic mass is 16.6. The molecule has 0 amide bonds. The molecule has 0 saturated carbocycles. The quantitative estimate of drug-likeness (QED) is 0.629. The lowest BCUT2D eigenvalue weighted by atomic mass is 10.2. The maximum atomic E-state index is 10.7. The molecule has 2 rings (SSSR count). The molecule has 17 heavy (non-hydrogen) atoms. The third kappa shape index (κ3) is 1.95. The van der Waals surface area contributed by atoms with Crippen LogP contribution in [0.3, 0.4) is 0 Å². The van der Waals surface area contributed by atoms with Crippen molar-refractivity contribution < 1.29 is 19.3 Å². The van der Waals surface area contributed by atoms with Gasteiger partial charge in [0.2, 0.25) is 0 Å². The highest BCUT2D eigenvalue weighted by molar-refractivity contribution is 5.83. The topological polar surface area (TPSA) is 119 Å². The second kappa shape index (κ2) is 4.00. The Labute approximate surface area is 93.6 Å². The molecule has 1 aromatic carbocycles. The summed E-state index contributed by atoms with van der Waals surface area (Å²) in [6.07, 6.45) is 0. The minimum absolute atomic E-state index is 0.0810. The standard InChI is InChI=1S/C9H5N3O5/c13-9(14)7-10-8(17-11-7)5-3-1-2-4-6(5)12(15)16/h1-4H,(H,13,14). The monoisotopic (exact) mass is 235 g/mol. The van der Waals surface area contributed by atoms with E-state index in [1.54, 1.807) is 6.07 Å². The maximum absolute atomic E-state index is 10.7. The lowest BCUT2D eigenvalue weighted by molar-refractivity contribution is -0.384. The van der Waals surface area contributed by atoms with Gasteiger partial charge in [0.05, 0.1) is 4.92 Å². The zero-order chi connectivity index (χ0) is 12.4. The Hall–Kier alpha value is -2.77. The summed E-state index contributed by atoms with van der Waals surface area (Å²) >= 11 is 0. The smallest absolute Gasteiger partial charge is 0.377 e. The van der Waals surface area contributed by atoms with Gasteiger partial charge in [0.15, 0.2) is 0 Å². The van der Waals surface area contributed by atoms with Crippen LogP contribution in [0.5, 0.6) is 0 Å². The Bertz CT molecular complexity index is 592. The first-order chi connectivity index (χ1) is 8.09. The van der Waals surface area contributed by atoms with E-state index in [2.05, 4.69) is 14.7 Å². The Kier molecular flexibility index (Phi) is 2.53. The van der Waals surface area contributed by atoms with Crippen molar-refractivity contribution in [3.63, 3.8) is 0 Å². The molecule has 0 spiro atoms. The van der Waals surface area contributed by atoms with Crippen molar-refractivity contribution in [1.82, 2.24) is 10.1 Å². The van der Waals surface area contributed by atoms with E-state index in [0.29, 0.717) is 0 Å². The largest absolute Gasteiger partial charge is 0.475 e. The first-order valence-corrected chi connectivity index (χ1v) is 4.40. The second-order valence-electron chi connectivity index (χ2n) is 3.00. The van der Waals surface area contributed by atoms with Crippen LogP contribution in [0.25, 0.3) is 11.5 Å². The van der Waals surface area contributed by atoms with Crippen LogP contribution in [0.1, 0.15) is 10.6 Å². The van der Waals surface area contributed by atoms with Gasteiger partial charge in [0, 0.05) is 6.07 Å². The van der Waals surface area contributed by atoms with E-state index in [4.69, 9.17) is 5.11 Å². The van der Waals surface area contributed by atoms with E-state index in [1.807, 2.05) is 0 Å². The summed E-state index contributed by atoms with van der Waals surface area (Å²) < 4.78 is 4.66. The van der Waals surface area contributed by atoms with Gasteiger partial charge in [-0.15, -0.1) is 0 Å². The van der Waals surface area contributed by atoms with Crippen LogP contribution >= 0.6 is 0 Å². The lowest BCUT2D eigenvalue weighted by Gasteiger charge is -1.95. The average molecular weight is 235 g/mol. The number of carboxylic acid groups (broad SMARTS) is 1. The third-order valence-corrected chi connectivity index (χ3v) is 1.95. The summed E-state index contributed by atoms with van der Waals surface area (Å²) in [7, 11) is 0. The zero-order valence-electron chi connectivity index (χ0n) is 8.23. The van der Waals surface area contributed by atoms with Crippen LogP contribution < -0.4 is 0 Å². The molecule has 0 unspecified atom stereocenters. The molecule has 0 fully saturated rings. The lowest BCUT2D eigenvalue weighted by Crippen LogP contribution is -1.98. The molecule has 0 bridgehead atoms. The molecule has 1 heterocycles. The van der Waals surface area contributed by atoms with Crippen LogP contribution in [0, 0.1) is 10.1 Å². The average Bonchev–Trinajstić information content (AvgIpc) is 2.78. The van der Waals surface area contributed by atoms with E-state index in [9.17, 15) is 14.9 Å². The summed E-state index contributed by atoms with van der Waals surface area (Å²) in [5.41, 5.74) is -0.148.